The maximum absolute atomic E-state index is 14.1. The highest BCUT2D eigenvalue weighted by Gasteiger charge is 2.28. The highest BCUT2D eigenvalue weighted by atomic mass is 16.5. The first-order chi connectivity index (χ1) is 18.9. The maximum Gasteiger partial charge on any atom is 0.195 e. The van der Waals surface area contributed by atoms with Gasteiger partial charge in [-0.15, -0.1) is 0 Å². The van der Waals surface area contributed by atoms with Gasteiger partial charge in [0.25, 0.3) is 0 Å². The van der Waals surface area contributed by atoms with Crippen molar-refractivity contribution in [2.75, 3.05) is 27.2 Å². The molecule has 0 radical (unpaired) electrons. The van der Waals surface area contributed by atoms with Gasteiger partial charge in [-0.1, -0.05) is 24.3 Å². The van der Waals surface area contributed by atoms with Crippen LogP contribution in [0.5, 0.6) is 17.2 Å². The molecule has 2 N–H and O–H groups in total. The molecule has 5 aromatic rings. The number of benzene rings is 4. The van der Waals surface area contributed by atoms with Crippen molar-refractivity contribution in [2.24, 2.45) is 0 Å². The van der Waals surface area contributed by atoms with Gasteiger partial charge in [-0.25, -0.2) is 0 Å². The van der Waals surface area contributed by atoms with Crippen molar-refractivity contribution in [1.82, 2.24) is 9.47 Å². The van der Waals surface area contributed by atoms with Crippen molar-refractivity contribution in [3.8, 4) is 39.6 Å². The molecule has 1 aliphatic heterocycles. The van der Waals surface area contributed by atoms with E-state index < -0.39 is 0 Å². The van der Waals surface area contributed by atoms with Crippen LogP contribution >= 0.6 is 0 Å². The van der Waals surface area contributed by atoms with Gasteiger partial charge in [0.05, 0.1) is 11.3 Å². The molecule has 0 aliphatic carbocycles. The SMILES string of the molecule is CN(C)CCOc1ccc(C(=O)c2c3n(c4cc(-c5ccc(O)cc5)ccc24)CCc2cc(O)ccc2-3)cc1. The van der Waals surface area contributed by atoms with E-state index in [0.717, 1.165) is 57.6 Å². The molecule has 0 fully saturated rings. The number of aromatic nitrogens is 1. The second-order valence-corrected chi connectivity index (χ2v) is 10.3. The van der Waals surface area contributed by atoms with Gasteiger partial charge < -0.3 is 24.4 Å². The Kier molecular flexibility index (Phi) is 6.33. The predicted octanol–water partition coefficient (Wildman–Crippen LogP) is 6.11. The van der Waals surface area contributed by atoms with Crippen LogP contribution in [0, 0.1) is 0 Å². The third-order valence-electron chi connectivity index (χ3n) is 7.36. The van der Waals surface area contributed by atoms with Crippen molar-refractivity contribution >= 4 is 16.7 Å². The first kappa shape index (κ1) is 24.8. The van der Waals surface area contributed by atoms with Gasteiger partial charge >= 0.3 is 0 Å². The van der Waals surface area contributed by atoms with Crippen molar-refractivity contribution in [3.63, 3.8) is 0 Å². The van der Waals surface area contributed by atoms with Crippen LogP contribution in [0.15, 0.2) is 84.9 Å². The molecule has 0 atom stereocenters. The van der Waals surface area contributed by atoms with E-state index >= 15 is 0 Å². The molecule has 6 rings (SSSR count). The minimum absolute atomic E-state index is 0.0492. The number of rotatable bonds is 7. The average molecular weight is 519 g/mol. The Bertz CT molecular complexity index is 1680. The minimum atomic E-state index is -0.0492. The molecule has 0 bridgehead atoms. The zero-order valence-electron chi connectivity index (χ0n) is 22.0. The number of nitrogens with zero attached hydrogens (tertiary/aromatic N) is 2. The van der Waals surface area contributed by atoms with Gasteiger partial charge in [0.1, 0.15) is 23.9 Å². The quantitative estimate of drug-likeness (QED) is 0.254. The van der Waals surface area contributed by atoms with E-state index in [1.54, 1.807) is 24.3 Å². The van der Waals surface area contributed by atoms with Gasteiger partial charge in [-0.2, -0.15) is 0 Å². The van der Waals surface area contributed by atoms with Crippen molar-refractivity contribution in [3.05, 3.63) is 102 Å². The van der Waals surface area contributed by atoms with Gasteiger partial charge in [-0.3, -0.25) is 4.79 Å². The smallest absolute Gasteiger partial charge is 0.195 e. The average Bonchev–Trinajstić information content (AvgIpc) is 3.27. The summed E-state index contributed by atoms with van der Waals surface area (Å²) in [6.07, 6.45) is 0.760. The molecule has 0 unspecified atom stereocenters. The Morgan fingerprint density at radius 3 is 2.33 bits per heavy atom. The largest absolute Gasteiger partial charge is 0.508 e. The molecule has 196 valence electrons. The zero-order chi connectivity index (χ0) is 27.1. The molecular formula is C33H30N2O4. The molecule has 1 aliphatic rings. The Labute approximate surface area is 227 Å². The molecule has 4 aromatic carbocycles. The lowest BCUT2D eigenvalue weighted by atomic mass is 9.92. The molecule has 39 heavy (non-hydrogen) atoms. The second kappa shape index (κ2) is 9.97. The molecule has 0 amide bonds. The normalized spacial score (nSPS) is 12.4. The standard InChI is InChI=1S/C33H30N2O4/c1-34(2)17-18-39-27-11-5-22(6-12-27)33(38)31-29-13-7-23(21-3-8-25(36)9-4-21)20-30(29)35-16-15-24-19-26(37)10-14-28(24)32(31)35/h3-14,19-20,36-37H,15-18H2,1-2H3. The Morgan fingerprint density at radius 1 is 0.872 bits per heavy atom. The van der Waals surface area contributed by atoms with Crippen molar-refractivity contribution < 1.29 is 19.7 Å². The third kappa shape index (κ3) is 4.64. The van der Waals surface area contributed by atoms with E-state index in [1.165, 1.54) is 0 Å². The summed E-state index contributed by atoms with van der Waals surface area (Å²) in [6, 6.07) is 26.1. The van der Waals surface area contributed by atoms with Crippen molar-refractivity contribution in [2.45, 2.75) is 13.0 Å². The Balaban J connectivity index is 1.47. The van der Waals surface area contributed by atoms with Crippen LogP contribution in [0.1, 0.15) is 21.5 Å². The highest BCUT2D eigenvalue weighted by Crippen LogP contribution is 2.42. The van der Waals surface area contributed by atoms with E-state index in [2.05, 4.69) is 15.5 Å². The number of aryl methyl sites for hydroxylation is 2. The van der Waals surface area contributed by atoms with Crippen LogP contribution in [0.25, 0.3) is 33.3 Å². The molecule has 0 saturated heterocycles. The summed E-state index contributed by atoms with van der Waals surface area (Å²) in [5.41, 5.74) is 7.12. The second-order valence-electron chi connectivity index (χ2n) is 10.3. The number of ketones is 1. The van der Waals surface area contributed by atoms with Gasteiger partial charge in [0, 0.05) is 35.1 Å². The topological polar surface area (TPSA) is 74.9 Å². The number of carbonyl (C=O) groups is 1. The lowest BCUT2D eigenvalue weighted by Gasteiger charge is -2.21. The summed E-state index contributed by atoms with van der Waals surface area (Å²) in [6.45, 7) is 2.09. The fourth-order valence-electron chi connectivity index (χ4n) is 5.37. The van der Waals surface area contributed by atoms with Crippen LogP contribution in [0.3, 0.4) is 0 Å². The predicted molar refractivity (Wildman–Crippen MR) is 154 cm³/mol. The fraction of sp³-hybridized carbons (Fsp3) is 0.182. The van der Waals surface area contributed by atoms with E-state index in [0.29, 0.717) is 24.3 Å². The summed E-state index contributed by atoms with van der Waals surface area (Å²) in [5.74, 6) is 1.14. The molecule has 1 aromatic heterocycles. The highest BCUT2D eigenvalue weighted by molar-refractivity contribution is 6.21. The maximum atomic E-state index is 14.1. The first-order valence-electron chi connectivity index (χ1n) is 13.1. The number of phenols is 2. The van der Waals surface area contributed by atoms with Gasteiger partial charge in [0.2, 0.25) is 0 Å². The van der Waals surface area contributed by atoms with Gasteiger partial charge in [0.15, 0.2) is 5.78 Å². The van der Waals surface area contributed by atoms with Crippen LogP contribution in [-0.2, 0) is 13.0 Å². The van der Waals surface area contributed by atoms with E-state index in [-0.39, 0.29) is 17.3 Å². The molecule has 6 heteroatoms. The molecule has 2 heterocycles. The number of ether oxygens (including phenoxy) is 1. The number of fused-ring (bicyclic) bond motifs is 5. The number of hydrogen-bond acceptors (Lipinski definition) is 5. The number of carbonyl (C=O) groups excluding carboxylic acids is 1. The fourth-order valence-corrected chi connectivity index (χ4v) is 5.37. The van der Waals surface area contributed by atoms with E-state index in [9.17, 15) is 15.0 Å². The lowest BCUT2D eigenvalue weighted by Crippen LogP contribution is -2.19. The summed E-state index contributed by atoms with van der Waals surface area (Å²) in [4.78, 5) is 16.2. The number of hydrogen-bond donors (Lipinski definition) is 2. The summed E-state index contributed by atoms with van der Waals surface area (Å²) >= 11 is 0. The molecule has 0 saturated carbocycles. The lowest BCUT2D eigenvalue weighted by molar-refractivity contribution is 0.104. The van der Waals surface area contributed by atoms with E-state index in [4.69, 9.17) is 4.74 Å². The minimum Gasteiger partial charge on any atom is -0.508 e. The van der Waals surface area contributed by atoms with Crippen molar-refractivity contribution in [1.29, 1.82) is 0 Å². The van der Waals surface area contributed by atoms with Crippen LogP contribution in [0.4, 0.5) is 0 Å². The van der Waals surface area contributed by atoms with Crippen LogP contribution < -0.4 is 4.74 Å². The molecule has 6 nitrogen and oxygen atoms in total. The number of phenolic OH excluding ortho intramolecular Hbond substituents is 2. The Hall–Kier alpha value is -4.55. The summed E-state index contributed by atoms with van der Waals surface area (Å²) in [5, 5.41) is 20.8. The summed E-state index contributed by atoms with van der Waals surface area (Å²) in [7, 11) is 4.00. The first-order valence-corrected chi connectivity index (χ1v) is 13.1. The molecular weight excluding hydrogens is 488 g/mol. The zero-order valence-corrected chi connectivity index (χ0v) is 22.0. The number of aromatic hydroxyl groups is 2. The van der Waals surface area contributed by atoms with Gasteiger partial charge in [-0.05, 0) is 97.9 Å². The summed E-state index contributed by atoms with van der Waals surface area (Å²) < 4.78 is 8.05. The molecule has 0 spiro atoms. The van der Waals surface area contributed by atoms with E-state index in [1.807, 2.05) is 68.7 Å². The number of likely N-dealkylation sites (N-methyl/N-ethyl adjacent to an activating group) is 1. The van der Waals surface area contributed by atoms with Crippen LogP contribution in [-0.4, -0.2) is 52.7 Å². The Morgan fingerprint density at radius 2 is 1.59 bits per heavy atom. The third-order valence-corrected chi connectivity index (χ3v) is 7.36. The van der Waals surface area contributed by atoms with Crippen LogP contribution in [0.2, 0.25) is 0 Å². The monoisotopic (exact) mass is 518 g/mol.